The molecule has 1 rings (SSSR count). The maximum absolute atomic E-state index is 8.84. The van der Waals surface area contributed by atoms with E-state index < -0.39 is 0 Å². The topological polar surface area (TPSA) is 64.1 Å². The lowest BCUT2D eigenvalue weighted by molar-refractivity contribution is 0.267. The van der Waals surface area contributed by atoms with Gasteiger partial charge in [-0.05, 0) is 20.8 Å². The summed E-state index contributed by atoms with van der Waals surface area (Å²) < 4.78 is 1.85. The summed E-state index contributed by atoms with van der Waals surface area (Å²) >= 11 is 0. The van der Waals surface area contributed by atoms with Crippen LogP contribution in [0.25, 0.3) is 0 Å². The molecule has 0 spiro atoms. The first-order valence-corrected chi connectivity index (χ1v) is 4.36. The SMILES string of the molecule is CC(C)(C)n1cc(C(N)CO)cn1. The molecule has 74 valence electrons. The maximum Gasteiger partial charge on any atom is 0.0625 e. The number of aliphatic hydroxyl groups excluding tert-OH is 1. The molecule has 0 saturated heterocycles. The molecule has 1 heterocycles. The predicted molar refractivity (Wildman–Crippen MR) is 51.2 cm³/mol. The monoisotopic (exact) mass is 183 g/mol. The third-order valence-electron chi connectivity index (χ3n) is 1.91. The lowest BCUT2D eigenvalue weighted by Crippen LogP contribution is -2.22. The van der Waals surface area contributed by atoms with E-state index in [0.29, 0.717) is 0 Å². The van der Waals surface area contributed by atoms with Crippen molar-refractivity contribution in [3.8, 4) is 0 Å². The van der Waals surface area contributed by atoms with Gasteiger partial charge in [0.15, 0.2) is 0 Å². The van der Waals surface area contributed by atoms with Gasteiger partial charge in [0.25, 0.3) is 0 Å². The van der Waals surface area contributed by atoms with Gasteiger partial charge in [0.2, 0.25) is 0 Å². The molecule has 0 aromatic carbocycles. The van der Waals surface area contributed by atoms with Gasteiger partial charge in [0.1, 0.15) is 0 Å². The Hall–Kier alpha value is -0.870. The first-order valence-electron chi connectivity index (χ1n) is 4.36. The van der Waals surface area contributed by atoms with Crippen molar-refractivity contribution in [1.82, 2.24) is 9.78 Å². The molecule has 4 heteroatoms. The first kappa shape index (κ1) is 10.2. The summed E-state index contributed by atoms with van der Waals surface area (Å²) in [5.74, 6) is 0. The summed E-state index contributed by atoms with van der Waals surface area (Å²) in [4.78, 5) is 0. The number of aliphatic hydroxyl groups is 1. The molecule has 0 saturated carbocycles. The Morgan fingerprint density at radius 1 is 1.62 bits per heavy atom. The smallest absolute Gasteiger partial charge is 0.0625 e. The molecule has 0 aliphatic carbocycles. The summed E-state index contributed by atoms with van der Waals surface area (Å²) in [7, 11) is 0. The van der Waals surface area contributed by atoms with Crippen molar-refractivity contribution < 1.29 is 5.11 Å². The van der Waals surface area contributed by atoms with Crippen LogP contribution < -0.4 is 5.73 Å². The Morgan fingerprint density at radius 2 is 2.23 bits per heavy atom. The van der Waals surface area contributed by atoms with E-state index >= 15 is 0 Å². The van der Waals surface area contributed by atoms with Crippen molar-refractivity contribution in [2.45, 2.75) is 32.4 Å². The quantitative estimate of drug-likeness (QED) is 0.707. The second kappa shape index (κ2) is 3.47. The zero-order chi connectivity index (χ0) is 10.1. The standard InChI is InChI=1S/C9H17N3O/c1-9(2,3)12-5-7(4-11-12)8(10)6-13/h4-5,8,13H,6,10H2,1-3H3. The minimum absolute atomic E-state index is 0.0343. The zero-order valence-electron chi connectivity index (χ0n) is 8.36. The fourth-order valence-electron chi connectivity index (χ4n) is 1.00. The molecule has 1 atom stereocenters. The Kier molecular flexibility index (Phi) is 2.73. The van der Waals surface area contributed by atoms with Gasteiger partial charge in [-0.2, -0.15) is 5.10 Å². The molecular weight excluding hydrogens is 166 g/mol. The number of nitrogens with two attached hydrogens (primary N) is 1. The lowest BCUT2D eigenvalue weighted by Gasteiger charge is -2.18. The van der Waals surface area contributed by atoms with Crippen molar-refractivity contribution in [1.29, 1.82) is 0 Å². The molecule has 1 aromatic heterocycles. The predicted octanol–water partition coefficient (Wildman–Crippen LogP) is 0.630. The Labute approximate surface area is 78.4 Å². The summed E-state index contributed by atoms with van der Waals surface area (Å²) in [5.41, 5.74) is 6.49. The first-order chi connectivity index (χ1) is 5.95. The van der Waals surface area contributed by atoms with Crippen LogP contribution in [0.5, 0.6) is 0 Å². The molecule has 0 aliphatic rings. The van der Waals surface area contributed by atoms with Crippen molar-refractivity contribution in [2.24, 2.45) is 5.73 Å². The molecule has 1 unspecified atom stereocenters. The van der Waals surface area contributed by atoms with E-state index in [1.54, 1.807) is 6.20 Å². The van der Waals surface area contributed by atoms with Gasteiger partial charge in [0.05, 0.1) is 24.4 Å². The highest BCUT2D eigenvalue weighted by Crippen LogP contribution is 2.15. The molecular formula is C9H17N3O. The molecule has 1 aromatic rings. The molecule has 0 bridgehead atoms. The van der Waals surface area contributed by atoms with Crippen molar-refractivity contribution in [3.63, 3.8) is 0 Å². The molecule has 13 heavy (non-hydrogen) atoms. The molecule has 0 radical (unpaired) electrons. The van der Waals surface area contributed by atoms with Crippen LogP contribution >= 0.6 is 0 Å². The Balaban J connectivity index is 2.87. The molecule has 0 fully saturated rings. The number of hydrogen-bond acceptors (Lipinski definition) is 3. The minimum Gasteiger partial charge on any atom is -0.394 e. The molecule has 0 amide bonds. The van der Waals surface area contributed by atoms with E-state index in [4.69, 9.17) is 10.8 Å². The van der Waals surface area contributed by atoms with Crippen molar-refractivity contribution >= 4 is 0 Å². The highest BCUT2D eigenvalue weighted by Gasteiger charge is 2.15. The van der Waals surface area contributed by atoms with Gasteiger partial charge in [-0.25, -0.2) is 0 Å². The second-order valence-corrected chi connectivity index (χ2v) is 4.18. The fourth-order valence-corrected chi connectivity index (χ4v) is 1.00. The van der Waals surface area contributed by atoms with Gasteiger partial charge in [0, 0.05) is 11.8 Å². The number of rotatable bonds is 2. The van der Waals surface area contributed by atoms with Crippen LogP contribution in [0.15, 0.2) is 12.4 Å². The molecule has 0 aliphatic heterocycles. The third kappa shape index (κ3) is 2.29. The van der Waals surface area contributed by atoms with Gasteiger partial charge in [-0.1, -0.05) is 0 Å². The number of hydrogen-bond donors (Lipinski definition) is 2. The summed E-state index contributed by atoms with van der Waals surface area (Å²) in [6.07, 6.45) is 3.58. The second-order valence-electron chi connectivity index (χ2n) is 4.18. The fraction of sp³-hybridized carbons (Fsp3) is 0.667. The van der Waals surface area contributed by atoms with Gasteiger partial charge >= 0.3 is 0 Å². The van der Waals surface area contributed by atoms with E-state index in [1.165, 1.54) is 0 Å². The zero-order valence-corrected chi connectivity index (χ0v) is 8.36. The van der Waals surface area contributed by atoms with Crippen LogP contribution in [-0.2, 0) is 5.54 Å². The molecule has 4 nitrogen and oxygen atoms in total. The number of aromatic nitrogens is 2. The number of nitrogens with zero attached hydrogens (tertiary/aromatic N) is 2. The van der Waals surface area contributed by atoms with E-state index in [9.17, 15) is 0 Å². The Bertz CT molecular complexity index is 275. The van der Waals surface area contributed by atoms with E-state index in [1.807, 2.05) is 10.9 Å². The third-order valence-corrected chi connectivity index (χ3v) is 1.91. The summed E-state index contributed by atoms with van der Waals surface area (Å²) in [6, 6.07) is -0.323. The van der Waals surface area contributed by atoms with Crippen LogP contribution in [0.2, 0.25) is 0 Å². The average Bonchev–Trinajstić information content (AvgIpc) is 2.50. The lowest BCUT2D eigenvalue weighted by atomic mass is 10.1. The molecule has 3 N–H and O–H groups in total. The van der Waals surface area contributed by atoms with Crippen LogP contribution in [-0.4, -0.2) is 21.5 Å². The highest BCUT2D eigenvalue weighted by molar-refractivity contribution is 5.10. The van der Waals surface area contributed by atoms with Gasteiger partial charge in [-0.15, -0.1) is 0 Å². The van der Waals surface area contributed by atoms with Crippen LogP contribution in [0, 0.1) is 0 Å². The van der Waals surface area contributed by atoms with E-state index in [0.717, 1.165) is 5.56 Å². The van der Waals surface area contributed by atoms with Crippen LogP contribution in [0.3, 0.4) is 0 Å². The van der Waals surface area contributed by atoms with Gasteiger partial charge < -0.3 is 10.8 Å². The van der Waals surface area contributed by atoms with E-state index in [-0.39, 0.29) is 18.2 Å². The summed E-state index contributed by atoms with van der Waals surface area (Å²) in [5, 5.41) is 13.0. The van der Waals surface area contributed by atoms with Crippen LogP contribution in [0.1, 0.15) is 32.4 Å². The maximum atomic E-state index is 8.84. The Morgan fingerprint density at radius 3 is 2.62 bits per heavy atom. The summed E-state index contributed by atoms with van der Waals surface area (Å²) in [6.45, 7) is 6.15. The van der Waals surface area contributed by atoms with E-state index in [2.05, 4.69) is 25.9 Å². The highest BCUT2D eigenvalue weighted by atomic mass is 16.3. The average molecular weight is 183 g/mol. The largest absolute Gasteiger partial charge is 0.394 e. The van der Waals surface area contributed by atoms with Crippen LogP contribution in [0.4, 0.5) is 0 Å². The van der Waals surface area contributed by atoms with Crippen molar-refractivity contribution in [3.05, 3.63) is 18.0 Å². The van der Waals surface area contributed by atoms with Crippen molar-refractivity contribution in [2.75, 3.05) is 6.61 Å². The normalized spacial score (nSPS) is 14.5. The minimum atomic E-state index is -0.323. The van der Waals surface area contributed by atoms with Gasteiger partial charge in [-0.3, -0.25) is 4.68 Å².